The first-order chi connectivity index (χ1) is 6.74. The van der Waals surface area contributed by atoms with Gasteiger partial charge >= 0.3 is 0 Å². The van der Waals surface area contributed by atoms with Crippen molar-refractivity contribution in [2.45, 2.75) is 45.3 Å². The smallest absolute Gasteiger partial charge is 0.187 e. The van der Waals surface area contributed by atoms with Crippen LogP contribution in [0.1, 0.15) is 39.0 Å². The summed E-state index contributed by atoms with van der Waals surface area (Å²) in [5, 5.41) is 20.2. The monoisotopic (exact) mass is 201 g/mol. The van der Waals surface area contributed by atoms with Gasteiger partial charge in [0.2, 0.25) is 0 Å². The number of allylic oxidation sites excluding steroid dienone is 1. The highest BCUT2D eigenvalue weighted by Gasteiger charge is 2.04. The zero-order chi connectivity index (χ0) is 10.8. The molecule has 0 aromatic rings. The molecule has 1 unspecified atom stereocenters. The number of unbranched alkanes of at least 4 members (excludes halogenated alkanes) is 1. The molecule has 2 N–H and O–H groups in total. The van der Waals surface area contributed by atoms with Crippen LogP contribution in [0, 0.1) is 4.91 Å². The van der Waals surface area contributed by atoms with Gasteiger partial charge in [-0.3, -0.25) is 0 Å². The van der Waals surface area contributed by atoms with Crippen LogP contribution in [0.25, 0.3) is 0 Å². The molecule has 0 radical (unpaired) electrons. The summed E-state index contributed by atoms with van der Waals surface area (Å²) in [7, 11) is 0. The van der Waals surface area contributed by atoms with Crippen LogP contribution < -0.4 is 0 Å². The molecule has 0 fully saturated rings. The molecule has 0 amide bonds. The number of nitrogens with zero attached hydrogens (tertiary/aromatic N) is 1. The van der Waals surface area contributed by atoms with Gasteiger partial charge in [0.05, 0.1) is 0 Å². The Balaban J connectivity index is 3.89. The third kappa shape index (κ3) is 6.74. The van der Waals surface area contributed by atoms with E-state index in [9.17, 15) is 4.91 Å². The van der Waals surface area contributed by atoms with Crippen LogP contribution in [0.4, 0.5) is 0 Å². The van der Waals surface area contributed by atoms with E-state index in [1.54, 1.807) is 0 Å². The molecule has 0 aromatic carbocycles. The van der Waals surface area contributed by atoms with Gasteiger partial charge in [-0.2, -0.15) is 0 Å². The molecule has 0 aromatic heterocycles. The molecule has 0 aliphatic rings. The standard InChI is InChI=1S/C10H19NO3/c1-2-3-4-9(7-8-12)5-6-10(13)11-14/h4,10,12-13H,2-3,5-8H2,1H3/b9-4-. The fourth-order valence-corrected chi connectivity index (χ4v) is 1.19. The predicted octanol–water partition coefficient (Wildman–Crippen LogP) is 1.96. The van der Waals surface area contributed by atoms with Gasteiger partial charge in [0.1, 0.15) is 0 Å². The van der Waals surface area contributed by atoms with Crippen LogP contribution in [-0.2, 0) is 0 Å². The van der Waals surface area contributed by atoms with Crippen molar-refractivity contribution >= 4 is 0 Å². The maximum Gasteiger partial charge on any atom is 0.187 e. The van der Waals surface area contributed by atoms with E-state index in [0.717, 1.165) is 18.4 Å². The summed E-state index contributed by atoms with van der Waals surface area (Å²) < 4.78 is 0. The summed E-state index contributed by atoms with van der Waals surface area (Å²) in [6, 6.07) is 0. The Hall–Kier alpha value is -0.740. The Morgan fingerprint density at radius 1 is 1.50 bits per heavy atom. The van der Waals surface area contributed by atoms with Crippen molar-refractivity contribution in [3.05, 3.63) is 16.6 Å². The van der Waals surface area contributed by atoms with Gasteiger partial charge in [0.25, 0.3) is 0 Å². The van der Waals surface area contributed by atoms with E-state index >= 15 is 0 Å². The number of hydrogen-bond donors (Lipinski definition) is 2. The molecule has 0 saturated carbocycles. The molecular weight excluding hydrogens is 182 g/mol. The van der Waals surface area contributed by atoms with Gasteiger partial charge in [-0.15, -0.1) is 4.91 Å². The first kappa shape index (κ1) is 13.3. The molecule has 4 nitrogen and oxygen atoms in total. The van der Waals surface area contributed by atoms with E-state index in [-0.39, 0.29) is 6.61 Å². The molecule has 14 heavy (non-hydrogen) atoms. The second-order valence-corrected chi connectivity index (χ2v) is 3.25. The first-order valence-corrected chi connectivity index (χ1v) is 5.03. The Bertz CT molecular complexity index is 180. The lowest BCUT2D eigenvalue weighted by Gasteiger charge is -2.06. The molecule has 0 rings (SSSR count). The average Bonchev–Trinajstić information content (AvgIpc) is 2.21. The van der Waals surface area contributed by atoms with Crippen molar-refractivity contribution in [1.82, 2.24) is 0 Å². The number of rotatable bonds is 8. The lowest BCUT2D eigenvalue weighted by molar-refractivity contribution is 0.172. The van der Waals surface area contributed by atoms with Crippen LogP contribution in [0.15, 0.2) is 16.8 Å². The summed E-state index contributed by atoms with van der Waals surface area (Å²) >= 11 is 0. The molecule has 0 bridgehead atoms. The number of hydrogen-bond acceptors (Lipinski definition) is 4. The van der Waals surface area contributed by atoms with Gasteiger partial charge < -0.3 is 10.2 Å². The number of aliphatic hydroxyl groups excluding tert-OH is 2. The van der Waals surface area contributed by atoms with E-state index in [4.69, 9.17) is 10.2 Å². The van der Waals surface area contributed by atoms with Crippen LogP contribution in [-0.4, -0.2) is 23.0 Å². The van der Waals surface area contributed by atoms with Crippen LogP contribution in [0.5, 0.6) is 0 Å². The summed E-state index contributed by atoms with van der Waals surface area (Å²) in [5.41, 5.74) is 1.09. The van der Waals surface area contributed by atoms with Crippen LogP contribution >= 0.6 is 0 Å². The fourth-order valence-electron chi connectivity index (χ4n) is 1.19. The topological polar surface area (TPSA) is 69.9 Å². The molecule has 0 spiro atoms. The van der Waals surface area contributed by atoms with E-state index in [2.05, 4.69) is 18.2 Å². The maximum atomic E-state index is 9.92. The van der Waals surface area contributed by atoms with Crippen molar-refractivity contribution < 1.29 is 10.2 Å². The molecule has 4 heteroatoms. The maximum absolute atomic E-state index is 9.92. The Labute approximate surface area is 84.6 Å². The first-order valence-electron chi connectivity index (χ1n) is 5.03. The summed E-state index contributed by atoms with van der Waals surface area (Å²) in [6.45, 7) is 2.19. The molecule has 0 aliphatic heterocycles. The van der Waals surface area contributed by atoms with Gasteiger partial charge in [0, 0.05) is 13.0 Å². The molecule has 82 valence electrons. The van der Waals surface area contributed by atoms with Gasteiger partial charge in [-0.1, -0.05) is 25.0 Å². The molecular formula is C10H19NO3. The fraction of sp³-hybridized carbons (Fsp3) is 0.800. The van der Waals surface area contributed by atoms with Crippen molar-refractivity contribution in [3.63, 3.8) is 0 Å². The Morgan fingerprint density at radius 3 is 2.71 bits per heavy atom. The summed E-state index contributed by atoms with van der Waals surface area (Å²) in [4.78, 5) is 9.92. The highest BCUT2D eigenvalue weighted by atomic mass is 16.3. The van der Waals surface area contributed by atoms with Gasteiger partial charge in [0.15, 0.2) is 6.23 Å². The lowest BCUT2D eigenvalue weighted by Crippen LogP contribution is -2.02. The van der Waals surface area contributed by atoms with Crippen LogP contribution in [0.3, 0.4) is 0 Å². The van der Waals surface area contributed by atoms with Crippen molar-refractivity contribution in [3.8, 4) is 0 Å². The van der Waals surface area contributed by atoms with E-state index in [1.807, 2.05) is 0 Å². The van der Waals surface area contributed by atoms with E-state index < -0.39 is 6.23 Å². The van der Waals surface area contributed by atoms with Gasteiger partial charge in [-0.05, 0) is 24.4 Å². The van der Waals surface area contributed by atoms with Crippen molar-refractivity contribution in [1.29, 1.82) is 0 Å². The quantitative estimate of drug-likeness (QED) is 0.466. The largest absolute Gasteiger partial charge is 0.396 e. The second kappa shape index (κ2) is 8.84. The highest BCUT2D eigenvalue weighted by molar-refractivity contribution is 5.02. The van der Waals surface area contributed by atoms with E-state index in [0.29, 0.717) is 19.3 Å². The average molecular weight is 201 g/mol. The minimum Gasteiger partial charge on any atom is -0.396 e. The minimum atomic E-state index is -1.11. The highest BCUT2D eigenvalue weighted by Crippen LogP contribution is 2.13. The molecule has 1 atom stereocenters. The zero-order valence-corrected chi connectivity index (χ0v) is 8.65. The zero-order valence-electron chi connectivity index (χ0n) is 8.65. The summed E-state index contributed by atoms with van der Waals surface area (Å²) in [5.74, 6) is 0. The predicted molar refractivity (Wildman–Crippen MR) is 55.7 cm³/mol. The van der Waals surface area contributed by atoms with Crippen molar-refractivity contribution in [2.75, 3.05) is 6.61 Å². The molecule has 0 aliphatic carbocycles. The third-order valence-electron chi connectivity index (χ3n) is 2.00. The minimum absolute atomic E-state index is 0.111. The summed E-state index contributed by atoms with van der Waals surface area (Å²) in [6.07, 6.45) is 4.58. The lowest BCUT2D eigenvalue weighted by atomic mass is 10.0. The SMILES string of the molecule is CCC/C=C(\CCO)CCC(O)N=O. The Kier molecular flexibility index (Phi) is 8.37. The number of aliphatic hydroxyl groups is 2. The molecule has 0 saturated heterocycles. The van der Waals surface area contributed by atoms with Crippen LogP contribution in [0.2, 0.25) is 0 Å². The normalized spacial score (nSPS) is 14.1. The van der Waals surface area contributed by atoms with Crippen molar-refractivity contribution in [2.24, 2.45) is 5.18 Å². The number of nitroso groups, excluding NO2 is 1. The van der Waals surface area contributed by atoms with E-state index in [1.165, 1.54) is 0 Å². The third-order valence-corrected chi connectivity index (χ3v) is 2.00. The second-order valence-electron chi connectivity index (χ2n) is 3.25. The molecule has 0 heterocycles. The van der Waals surface area contributed by atoms with Gasteiger partial charge in [-0.25, -0.2) is 0 Å². The Morgan fingerprint density at radius 2 is 2.21 bits per heavy atom.